The average Bonchev–Trinajstić information content (AvgIpc) is 2.70. The molecule has 140 valence electrons. The van der Waals surface area contributed by atoms with Crippen LogP contribution in [0.3, 0.4) is 0 Å². The largest absolute Gasteiger partial charge is 0.478 e. The van der Waals surface area contributed by atoms with Gasteiger partial charge in [0.2, 0.25) is 0 Å². The van der Waals surface area contributed by atoms with E-state index in [1.54, 1.807) is 17.8 Å². The number of carbonyl (C=O) groups is 1. The van der Waals surface area contributed by atoms with E-state index < -0.39 is 5.97 Å². The van der Waals surface area contributed by atoms with Gasteiger partial charge in [-0.1, -0.05) is 41.6 Å². The topological polar surface area (TPSA) is 73.7 Å². The van der Waals surface area contributed by atoms with Gasteiger partial charge < -0.3 is 10.4 Å². The number of carboxylic acid groups (broad SMARTS) is 1. The van der Waals surface area contributed by atoms with E-state index in [0.717, 1.165) is 27.5 Å². The third kappa shape index (κ3) is 3.69. The van der Waals surface area contributed by atoms with Crippen LogP contribution in [0.2, 0.25) is 5.02 Å². The van der Waals surface area contributed by atoms with Crippen LogP contribution in [0.5, 0.6) is 0 Å². The van der Waals surface area contributed by atoms with Crippen LogP contribution in [0.1, 0.15) is 22.8 Å². The van der Waals surface area contributed by atoms with Crippen LogP contribution in [-0.2, 0) is 0 Å². The number of benzene rings is 3. The number of hydrogen-bond donors (Lipinski definition) is 3. The van der Waals surface area contributed by atoms with E-state index in [0.29, 0.717) is 5.69 Å². The normalized spacial score (nSPS) is 12.6. The van der Waals surface area contributed by atoms with Crippen LogP contribution in [0, 0.1) is 0 Å². The second-order valence-electron chi connectivity index (χ2n) is 6.24. The Morgan fingerprint density at radius 3 is 2.68 bits per heavy atom. The van der Waals surface area contributed by atoms with Crippen LogP contribution in [0.25, 0.3) is 0 Å². The summed E-state index contributed by atoms with van der Waals surface area (Å²) in [5, 5.41) is 17.2. The molecule has 1 aliphatic rings. The number of carboxylic acids is 1. The molecule has 0 aromatic heterocycles. The first-order valence-electron chi connectivity index (χ1n) is 8.53. The lowest BCUT2D eigenvalue weighted by atomic mass is 10.1. The quantitative estimate of drug-likeness (QED) is 0.281. The van der Waals surface area contributed by atoms with Crippen molar-refractivity contribution in [3.8, 4) is 0 Å². The number of fused-ring (bicyclic) bond motifs is 2. The van der Waals surface area contributed by atoms with Crippen LogP contribution in [0.15, 0.2) is 75.6 Å². The SMILES string of the molecule is CC(=NNc1ccc(Cl)c(C(=O)O)c1)c1ccc2c(c1)Nc1ccccc1S2. The van der Waals surface area contributed by atoms with E-state index in [1.807, 2.05) is 25.1 Å². The molecule has 5 nitrogen and oxygen atoms in total. The first-order valence-corrected chi connectivity index (χ1v) is 9.72. The van der Waals surface area contributed by atoms with E-state index >= 15 is 0 Å². The molecule has 0 saturated heterocycles. The van der Waals surface area contributed by atoms with Crippen molar-refractivity contribution in [2.75, 3.05) is 10.7 Å². The predicted octanol–water partition coefficient (Wildman–Crippen LogP) is 6.08. The average molecular weight is 410 g/mol. The van der Waals surface area contributed by atoms with Gasteiger partial charge in [-0.3, -0.25) is 5.43 Å². The summed E-state index contributed by atoms with van der Waals surface area (Å²) in [6.07, 6.45) is 0. The lowest BCUT2D eigenvalue weighted by molar-refractivity contribution is 0.0697. The van der Waals surface area contributed by atoms with E-state index in [1.165, 1.54) is 17.0 Å². The van der Waals surface area contributed by atoms with Crippen molar-refractivity contribution < 1.29 is 9.90 Å². The van der Waals surface area contributed by atoms with E-state index in [2.05, 4.69) is 40.1 Å². The number of aromatic carboxylic acids is 1. The van der Waals surface area contributed by atoms with E-state index in [4.69, 9.17) is 11.6 Å². The zero-order valence-electron chi connectivity index (χ0n) is 14.9. The standard InChI is InChI=1S/C21H16ClN3O2S/c1-12(24-25-14-7-8-16(22)15(11-14)21(26)27)13-6-9-20-18(10-13)23-17-4-2-3-5-19(17)28-20/h2-11,23,25H,1H3,(H,26,27). The Kier molecular flexibility index (Phi) is 4.98. The predicted molar refractivity (Wildman–Crippen MR) is 115 cm³/mol. The second-order valence-corrected chi connectivity index (χ2v) is 7.73. The second kappa shape index (κ2) is 7.58. The Balaban J connectivity index is 1.55. The van der Waals surface area contributed by atoms with Gasteiger partial charge >= 0.3 is 5.97 Å². The molecular formula is C21H16ClN3O2S. The number of hydrogen-bond acceptors (Lipinski definition) is 5. The highest BCUT2D eigenvalue weighted by molar-refractivity contribution is 7.99. The highest BCUT2D eigenvalue weighted by Gasteiger charge is 2.16. The highest BCUT2D eigenvalue weighted by Crippen LogP contribution is 2.44. The number of anilines is 3. The number of hydrazone groups is 1. The molecule has 0 atom stereocenters. The van der Waals surface area contributed by atoms with E-state index in [-0.39, 0.29) is 10.6 Å². The molecule has 0 bridgehead atoms. The molecule has 0 aliphatic carbocycles. The first kappa shape index (κ1) is 18.4. The molecule has 0 fully saturated rings. The molecule has 0 unspecified atom stereocenters. The van der Waals surface area contributed by atoms with Gasteiger partial charge in [0.25, 0.3) is 0 Å². The van der Waals surface area contributed by atoms with Crippen LogP contribution < -0.4 is 10.7 Å². The van der Waals surface area contributed by atoms with Crippen molar-refractivity contribution in [1.82, 2.24) is 0 Å². The van der Waals surface area contributed by atoms with Crippen molar-refractivity contribution in [1.29, 1.82) is 0 Å². The smallest absolute Gasteiger partial charge is 0.337 e. The third-order valence-electron chi connectivity index (χ3n) is 4.32. The van der Waals surface area contributed by atoms with Gasteiger partial charge in [0, 0.05) is 9.79 Å². The lowest BCUT2D eigenvalue weighted by Crippen LogP contribution is -2.04. The van der Waals surface area contributed by atoms with Crippen molar-refractivity contribution in [2.24, 2.45) is 5.10 Å². The third-order valence-corrected chi connectivity index (χ3v) is 5.80. The molecule has 3 aromatic carbocycles. The maximum atomic E-state index is 11.2. The fourth-order valence-electron chi connectivity index (χ4n) is 2.84. The number of para-hydroxylation sites is 1. The van der Waals surface area contributed by atoms with Crippen LogP contribution in [-0.4, -0.2) is 16.8 Å². The molecule has 4 rings (SSSR count). The number of rotatable bonds is 4. The maximum absolute atomic E-state index is 11.2. The highest BCUT2D eigenvalue weighted by atomic mass is 35.5. The number of nitrogens with one attached hydrogen (secondary N) is 2. The van der Waals surface area contributed by atoms with Gasteiger partial charge in [-0.05, 0) is 55.0 Å². The molecule has 3 aromatic rings. The van der Waals surface area contributed by atoms with Crippen molar-refractivity contribution in [3.63, 3.8) is 0 Å². The fraction of sp³-hybridized carbons (Fsp3) is 0.0476. The molecule has 0 amide bonds. The molecule has 1 heterocycles. The molecule has 3 N–H and O–H groups in total. The molecule has 0 saturated carbocycles. The van der Waals surface area contributed by atoms with Crippen LogP contribution >= 0.6 is 23.4 Å². The first-order chi connectivity index (χ1) is 13.5. The van der Waals surface area contributed by atoms with Gasteiger partial charge in [-0.2, -0.15) is 5.10 Å². The van der Waals surface area contributed by atoms with Gasteiger partial charge in [-0.15, -0.1) is 0 Å². The summed E-state index contributed by atoms with van der Waals surface area (Å²) >= 11 is 7.63. The minimum absolute atomic E-state index is 0.0354. The summed E-state index contributed by atoms with van der Waals surface area (Å²) in [5.41, 5.74) is 7.36. The van der Waals surface area contributed by atoms with Gasteiger partial charge in [0.05, 0.1) is 33.4 Å². The van der Waals surface area contributed by atoms with E-state index in [9.17, 15) is 9.90 Å². The summed E-state index contributed by atoms with van der Waals surface area (Å²) < 4.78 is 0. The number of nitrogens with zero attached hydrogens (tertiary/aromatic N) is 1. The van der Waals surface area contributed by atoms with Crippen molar-refractivity contribution in [2.45, 2.75) is 16.7 Å². The summed E-state index contributed by atoms with van der Waals surface area (Å²) in [5.74, 6) is -1.08. The van der Waals surface area contributed by atoms with Crippen molar-refractivity contribution in [3.05, 3.63) is 76.8 Å². The minimum Gasteiger partial charge on any atom is -0.478 e. The van der Waals surface area contributed by atoms with Crippen molar-refractivity contribution >= 4 is 52.1 Å². The fourth-order valence-corrected chi connectivity index (χ4v) is 4.00. The molecule has 7 heteroatoms. The monoisotopic (exact) mass is 409 g/mol. The number of halogens is 1. The lowest BCUT2D eigenvalue weighted by Gasteiger charge is -2.21. The molecular weight excluding hydrogens is 394 g/mol. The zero-order valence-corrected chi connectivity index (χ0v) is 16.4. The Bertz CT molecular complexity index is 1110. The summed E-state index contributed by atoms with van der Waals surface area (Å²) in [4.78, 5) is 13.6. The van der Waals surface area contributed by atoms with Gasteiger partial charge in [0.15, 0.2) is 0 Å². The Labute approximate surface area is 171 Å². The summed E-state index contributed by atoms with van der Waals surface area (Å²) in [7, 11) is 0. The summed E-state index contributed by atoms with van der Waals surface area (Å²) in [6.45, 7) is 1.90. The Hall–Kier alpha value is -2.96. The Morgan fingerprint density at radius 2 is 1.86 bits per heavy atom. The molecule has 28 heavy (non-hydrogen) atoms. The van der Waals surface area contributed by atoms with Gasteiger partial charge in [-0.25, -0.2) is 4.79 Å². The molecule has 0 radical (unpaired) electrons. The molecule has 1 aliphatic heterocycles. The molecule has 0 spiro atoms. The van der Waals surface area contributed by atoms with Crippen LogP contribution in [0.4, 0.5) is 17.1 Å². The van der Waals surface area contributed by atoms with Gasteiger partial charge in [0.1, 0.15) is 0 Å². The summed E-state index contributed by atoms with van der Waals surface area (Å²) in [6, 6.07) is 19.0. The minimum atomic E-state index is -1.08. The Morgan fingerprint density at radius 1 is 1.07 bits per heavy atom. The maximum Gasteiger partial charge on any atom is 0.337 e. The zero-order chi connectivity index (χ0) is 19.7.